The molecular weight excluding hydrogens is 218 g/mol. The van der Waals surface area contributed by atoms with Crippen molar-refractivity contribution in [2.45, 2.75) is 46.1 Å². The Morgan fingerprint density at radius 2 is 1.71 bits per heavy atom. The summed E-state index contributed by atoms with van der Waals surface area (Å²) in [6.07, 6.45) is 1.32. The Morgan fingerprint density at radius 3 is 2.24 bits per heavy atom. The molecule has 5 heteroatoms. The lowest BCUT2D eigenvalue weighted by Crippen LogP contribution is -2.42. The first-order valence-corrected chi connectivity index (χ1v) is 6.13. The molecule has 100 valence electrons. The van der Waals surface area contributed by atoms with Crippen molar-refractivity contribution in [3.8, 4) is 0 Å². The topological polar surface area (TPSA) is 70.2 Å². The number of amides is 2. The first-order chi connectivity index (χ1) is 7.85. The van der Waals surface area contributed by atoms with E-state index in [9.17, 15) is 9.59 Å². The van der Waals surface area contributed by atoms with Crippen LogP contribution in [0.3, 0.4) is 0 Å². The first kappa shape index (κ1) is 15.9. The fourth-order valence-corrected chi connectivity index (χ4v) is 1.21. The van der Waals surface area contributed by atoms with Crippen molar-refractivity contribution in [1.29, 1.82) is 0 Å². The number of carbonyl (C=O) groups is 2. The van der Waals surface area contributed by atoms with Crippen molar-refractivity contribution in [2.75, 3.05) is 19.6 Å². The molecule has 0 heterocycles. The minimum Gasteiger partial charge on any atom is -0.355 e. The largest absolute Gasteiger partial charge is 0.355 e. The fraction of sp³-hybridized carbons (Fsp3) is 0.833. The van der Waals surface area contributed by atoms with Crippen LogP contribution < -0.4 is 16.0 Å². The van der Waals surface area contributed by atoms with Crippen LogP contribution in [0.2, 0.25) is 0 Å². The maximum atomic E-state index is 11.4. The Morgan fingerprint density at radius 1 is 1.06 bits per heavy atom. The van der Waals surface area contributed by atoms with Gasteiger partial charge in [0.2, 0.25) is 11.8 Å². The Labute approximate surface area is 104 Å². The molecule has 17 heavy (non-hydrogen) atoms. The molecule has 0 radical (unpaired) electrons. The highest BCUT2D eigenvalue weighted by molar-refractivity contribution is 5.78. The molecule has 0 aromatic heterocycles. The summed E-state index contributed by atoms with van der Waals surface area (Å²) in [6, 6.07) is 0. The quantitative estimate of drug-likeness (QED) is 0.567. The van der Waals surface area contributed by atoms with Crippen molar-refractivity contribution in [1.82, 2.24) is 16.0 Å². The SMILES string of the molecule is CCCNC(=O)CNCCC(=O)NC(C)(C)C. The van der Waals surface area contributed by atoms with Crippen molar-refractivity contribution >= 4 is 11.8 Å². The molecule has 0 aromatic rings. The summed E-state index contributed by atoms with van der Waals surface area (Å²) in [7, 11) is 0. The molecule has 0 fully saturated rings. The zero-order chi connectivity index (χ0) is 13.3. The molecule has 0 unspecified atom stereocenters. The summed E-state index contributed by atoms with van der Waals surface area (Å²) in [5.41, 5.74) is -0.199. The van der Waals surface area contributed by atoms with Crippen LogP contribution in [0.15, 0.2) is 0 Å². The minimum absolute atomic E-state index is 0.000957. The van der Waals surface area contributed by atoms with Crippen LogP contribution in [0.4, 0.5) is 0 Å². The third-order valence-corrected chi connectivity index (χ3v) is 1.90. The van der Waals surface area contributed by atoms with E-state index >= 15 is 0 Å². The summed E-state index contributed by atoms with van der Waals surface area (Å²) < 4.78 is 0. The normalized spacial score (nSPS) is 11.1. The summed E-state index contributed by atoms with van der Waals surface area (Å²) >= 11 is 0. The van der Waals surface area contributed by atoms with E-state index in [0.29, 0.717) is 19.5 Å². The highest BCUT2D eigenvalue weighted by Gasteiger charge is 2.12. The fourth-order valence-electron chi connectivity index (χ4n) is 1.21. The van der Waals surface area contributed by atoms with Gasteiger partial charge in [-0.2, -0.15) is 0 Å². The van der Waals surface area contributed by atoms with Crippen molar-refractivity contribution < 1.29 is 9.59 Å². The van der Waals surface area contributed by atoms with Crippen molar-refractivity contribution in [2.24, 2.45) is 0 Å². The van der Waals surface area contributed by atoms with Crippen LogP contribution >= 0.6 is 0 Å². The Kier molecular flexibility index (Phi) is 7.54. The molecule has 2 amide bonds. The molecule has 0 atom stereocenters. The average molecular weight is 243 g/mol. The summed E-state index contributed by atoms with van der Waals surface area (Å²) in [5.74, 6) is -0.0259. The lowest BCUT2D eigenvalue weighted by Gasteiger charge is -2.20. The molecule has 0 spiro atoms. The van der Waals surface area contributed by atoms with E-state index in [0.717, 1.165) is 6.42 Å². The molecule has 0 aliphatic rings. The van der Waals surface area contributed by atoms with Gasteiger partial charge >= 0.3 is 0 Å². The van der Waals surface area contributed by atoms with Crippen molar-refractivity contribution in [3.05, 3.63) is 0 Å². The number of hydrogen-bond acceptors (Lipinski definition) is 3. The van der Waals surface area contributed by atoms with Gasteiger partial charge in [-0.3, -0.25) is 9.59 Å². The number of rotatable bonds is 7. The molecule has 0 aromatic carbocycles. The third-order valence-electron chi connectivity index (χ3n) is 1.90. The highest BCUT2D eigenvalue weighted by Crippen LogP contribution is 1.98. The Bertz CT molecular complexity index is 247. The molecule has 0 aliphatic heterocycles. The van der Waals surface area contributed by atoms with Gasteiger partial charge in [0.1, 0.15) is 0 Å². The van der Waals surface area contributed by atoms with E-state index in [-0.39, 0.29) is 23.9 Å². The molecule has 0 saturated heterocycles. The lowest BCUT2D eigenvalue weighted by atomic mass is 10.1. The second-order valence-electron chi connectivity index (χ2n) is 5.07. The monoisotopic (exact) mass is 243 g/mol. The van der Waals surface area contributed by atoms with E-state index < -0.39 is 0 Å². The maximum absolute atomic E-state index is 11.4. The first-order valence-electron chi connectivity index (χ1n) is 6.13. The molecular formula is C12H25N3O2. The van der Waals surface area contributed by atoms with Gasteiger partial charge in [-0.1, -0.05) is 6.92 Å². The number of carbonyl (C=O) groups excluding carboxylic acids is 2. The summed E-state index contributed by atoms with van der Waals surface area (Å²) in [4.78, 5) is 22.6. The van der Waals surface area contributed by atoms with E-state index in [4.69, 9.17) is 0 Å². The Balaban J connectivity index is 3.51. The standard InChI is InChI=1S/C12H25N3O2/c1-5-7-14-11(17)9-13-8-6-10(16)15-12(2,3)4/h13H,5-9H2,1-4H3,(H,14,17)(H,15,16). The van der Waals surface area contributed by atoms with Crippen LogP contribution in [0.25, 0.3) is 0 Å². The molecule has 5 nitrogen and oxygen atoms in total. The second kappa shape index (κ2) is 8.06. The van der Waals surface area contributed by atoms with Gasteiger partial charge in [0.15, 0.2) is 0 Å². The Hall–Kier alpha value is -1.10. The van der Waals surface area contributed by atoms with Crippen LogP contribution in [0.5, 0.6) is 0 Å². The molecule has 0 rings (SSSR count). The van der Waals surface area contributed by atoms with Crippen LogP contribution in [-0.2, 0) is 9.59 Å². The van der Waals surface area contributed by atoms with Gasteiger partial charge in [0.05, 0.1) is 6.54 Å². The van der Waals surface area contributed by atoms with Crippen LogP contribution in [0.1, 0.15) is 40.5 Å². The van der Waals surface area contributed by atoms with Gasteiger partial charge in [-0.15, -0.1) is 0 Å². The summed E-state index contributed by atoms with van der Waals surface area (Å²) in [5, 5.41) is 8.56. The maximum Gasteiger partial charge on any atom is 0.233 e. The smallest absolute Gasteiger partial charge is 0.233 e. The zero-order valence-electron chi connectivity index (χ0n) is 11.4. The lowest BCUT2D eigenvalue weighted by molar-refractivity contribution is -0.123. The van der Waals surface area contributed by atoms with Gasteiger partial charge in [0.25, 0.3) is 0 Å². The minimum atomic E-state index is -0.199. The molecule has 0 bridgehead atoms. The van der Waals surface area contributed by atoms with E-state index in [1.165, 1.54) is 0 Å². The predicted molar refractivity (Wildman–Crippen MR) is 68.7 cm³/mol. The number of nitrogens with one attached hydrogen (secondary N) is 3. The summed E-state index contributed by atoms with van der Waals surface area (Å²) in [6.45, 7) is 9.31. The predicted octanol–water partition coefficient (Wildman–Crippen LogP) is 0.407. The van der Waals surface area contributed by atoms with Crippen LogP contribution in [-0.4, -0.2) is 37.0 Å². The average Bonchev–Trinajstić information content (AvgIpc) is 2.19. The van der Waals surface area contributed by atoms with Crippen LogP contribution in [0, 0.1) is 0 Å². The van der Waals surface area contributed by atoms with Gasteiger partial charge in [-0.25, -0.2) is 0 Å². The van der Waals surface area contributed by atoms with Gasteiger partial charge in [-0.05, 0) is 27.2 Å². The van der Waals surface area contributed by atoms with Crippen molar-refractivity contribution in [3.63, 3.8) is 0 Å². The highest BCUT2D eigenvalue weighted by atomic mass is 16.2. The molecule has 0 saturated carbocycles. The van der Waals surface area contributed by atoms with Gasteiger partial charge < -0.3 is 16.0 Å². The van der Waals surface area contributed by atoms with E-state index in [1.807, 2.05) is 27.7 Å². The zero-order valence-corrected chi connectivity index (χ0v) is 11.4. The third kappa shape index (κ3) is 11.2. The van der Waals surface area contributed by atoms with Gasteiger partial charge in [0, 0.05) is 25.0 Å². The van der Waals surface area contributed by atoms with E-state index in [1.54, 1.807) is 0 Å². The number of hydrogen-bond donors (Lipinski definition) is 3. The molecule has 3 N–H and O–H groups in total. The second-order valence-corrected chi connectivity index (χ2v) is 5.07. The molecule has 0 aliphatic carbocycles. The van der Waals surface area contributed by atoms with E-state index in [2.05, 4.69) is 16.0 Å².